The molecule has 1 atom stereocenters. The number of nitrogen functional groups attached to an aromatic ring is 1. The summed E-state index contributed by atoms with van der Waals surface area (Å²) < 4.78 is 32.4. The molecule has 1 aromatic heterocycles. The summed E-state index contributed by atoms with van der Waals surface area (Å²) in [6.07, 6.45) is -0.310. The third kappa shape index (κ3) is 5.68. The van der Waals surface area contributed by atoms with Crippen LogP contribution in [-0.2, 0) is 24.7 Å². The van der Waals surface area contributed by atoms with Crippen molar-refractivity contribution in [1.82, 2.24) is 14.6 Å². The van der Waals surface area contributed by atoms with E-state index in [0.29, 0.717) is 0 Å². The number of nitrogens with zero attached hydrogens (tertiary/aromatic N) is 3. The number of nitrogens with two attached hydrogens (primary N) is 1. The van der Waals surface area contributed by atoms with Crippen molar-refractivity contribution in [3.8, 4) is 0 Å². The molecular weight excluding hydrogens is 401 g/mol. The Bertz CT molecular complexity index is 793. The van der Waals surface area contributed by atoms with Gasteiger partial charge in [-0.2, -0.15) is 0 Å². The number of carbonyl (C=O) groups is 2. The number of nitrogens with one attached hydrogen (secondary N) is 1. The van der Waals surface area contributed by atoms with E-state index in [2.05, 4.69) is 15.5 Å². The van der Waals surface area contributed by atoms with Crippen molar-refractivity contribution in [3.63, 3.8) is 0 Å². The normalized spacial score (nSPS) is 17.8. The van der Waals surface area contributed by atoms with Crippen LogP contribution in [0.15, 0.2) is 10.5 Å². The molecule has 2 rings (SSSR count). The molecule has 1 fully saturated rings. The molecule has 2 heterocycles. The SMILES string of the molecule is CC(C)O/N=C(\C(=O)N[C@H]1CN(S(=O)(=O)[O-])C1=O)c1csc(N)n1.[K+]. The first-order valence-corrected chi connectivity index (χ1v) is 8.87. The van der Waals surface area contributed by atoms with E-state index in [1.807, 2.05) is 0 Å². The smallest absolute Gasteiger partial charge is 0.731 e. The zero-order valence-electron chi connectivity index (χ0n) is 13.6. The number of hydrogen-bond donors (Lipinski definition) is 2. The number of β-lactam (4-membered cyclic amide) rings is 1. The Labute approximate surface area is 190 Å². The molecule has 1 aromatic rings. The van der Waals surface area contributed by atoms with Gasteiger partial charge in [0, 0.05) is 5.38 Å². The summed E-state index contributed by atoms with van der Waals surface area (Å²) in [4.78, 5) is 32.8. The van der Waals surface area contributed by atoms with Gasteiger partial charge in [0.15, 0.2) is 21.1 Å². The first kappa shape index (κ1) is 22.4. The molecule has 132 valence electrons. The number of rotatable bonds is 6. The van der Waals surface area contributed by atoms with E-state index in [4.69, 9.17) is 10.6 Å². The molecule has 14 heteroatoms. The van der Waals surface area contributed by atoms with Crippen molar-refractivity contribution in [2.45, 2.75) is 26.0 Å². The summed E-state index contributed by atoms with van der Waals surface area (Å²) in [5.74, 6) is -1.82. The molecule has 0 bridgehead atoms. The van der Waals surface area contributed by atoms with Crippen LogP contribution in [0, 0.1) is 0 Å². The largest absolute Gasteiger partial charge is 1.00 e. The number of thiazole rings is 1. The van der Waals surface area contributed by atoms with Crippen LogP contribution < -0.4 is 62.4 Å². The van der Waals surface area contributed by atoms with Crippen LogP contribution in [0.1, 0.15) is 19.5 Å². The number of amides is 2. The van der Waals surface area contributed by atoms with E-state index < -0.39 is 34.7 Å². The molecule has 11 nitrogen and oxygen atoms in total. The zero-order valence-corrected chi connectivity index (χ0v) is 18.4. The van der Waals surface area contributed by atoms with E-state index in [9.17, 15) is 22.6 Å². The number of aromatic nitrogens is 1. The number of oxime groups is 1. The predicted octanol–water partition coefficient (Wildman–Crippen LogP) is -4.35. The van der Waals surface area contributed by atoms with Gasteiger partial charge in [-0.25, -0.2) is 17.7 Å². The molecule has 1 aliphatic rings. The molecule has 3 N–H and O–H groups in total. The van der Waals surface area contributed by atoms with E-state index in [-0.39, 0.29) is 78.3 Å². The Hall–Kier alpha value is -0.614. The van der Waals surface area contributed by atoms with Crippen molar-refractivity contribution in [2.24, 2.45) is 5.16 Å². The maximum absolute atomic E-state index is 12.3. The summed E-state index contributed by atoms with van der Waals surface area (Å²) in [5, 5.41) is 7.67. The van der Waals surface area contributed by atoms with E-state index in [1.165, 1.54) is 5.38 Å². The van der Waals surface area contributed by atoms with Gasteiger partial charge in [-0.15, -0.1) is 11.3 Å². The Kier molecular flexibility index (Phi) is 7.94. The number of anilines is 1. The summed E-state index contributed by atoms with van der Waals surface area (Å²) in [6.45, 7) is 2.95. The summed E-state index contributed by atoms with van der Waals surface area (Å²) in [6, 6.07) is -1.14. The second kappa shape index (κ2) is 8.85. The molecule has 2 amide bonds. The maximum atomic E-state index is 12.3. The maximum Gasteiger partial charge on any atom is 1.00 e. The van der Waals surface area contributed by atoms with Gasteiger partial charge in [-0.3, -0.25) is 9.59 Å². The Morgan fingerprint density at radius 2 is 2.24 bits per heavy atom. The average Bonchev–Trinajstić information content (AvgIpc) is 2.87. The van der Waals surface area contributed by atoms with Crippen molar-refractivity contribution >= 4 is 44.3 Å². The average molecular weight is 415 g/mol. The molecule has 0 saturated carbocycles. The molecule has 0 radical (unpaired) electrons. The van der Waals surface area contributed by atoms with Crippen molar-refractivity contribution < 1.29 is 78.8 Å². The van der Waals surface area contributed by atoms with Gasteiger partial charge in [0.25, 0.3) is 11.8 Å². The van der Waals surface area contributed by atoms with Crippen LogP contribution in [0.2, 0.25) is 0 Å². The topological polar surface area (TPSA) is 167 Å². The van der Waals surface area contributed by atoms with Gasteiger partial charge in [-0.05, 0) is 13.8 Å². The van der Waals surface area contributed by atoms with Crippen molar-refractivity contribution in [1.29, 1.82) is 0 Å². The van der Waals surface area contributed by atoms with E-state index >= 15 is 0 Å². The van der Waals surface area contributed by atoms with Crippen molar-refractivity contribution in [2.75, 3.05) is 12.3 Å². The molecule has 25 heavy (non-hydrogen) atoms. The second-order valence-electron chi connectivity index (χ2n) is 5.02. The minimum Gasteiger partial charge on any atom is -0.731 e. The van der Waals surface area contributed by atoms with Gasteiger partial charge in [0.05, 0.1) is 6.54 Å². The molecule has 1 saturated heterocycles. The molecule has 0 aromatic carbocycles. The Morgan fingerprint density at radius 3 is 2.68 bits per heavy atom. The quantitative estimate of drug-likeness (QED) is 0.154. The first-order valence-electron chi connectivity index (χ1n) is 6.63. The van der Waals surface area contributed by atoms with Gasteiger partial charge in [0.2, 0.25) is 0 Å². The summed E-state index contributed by atoms with van der Waals surface area (Å²) >= 11 is 1.08. The van der Waals surface area contributed by atoms with Crippen molar-refractivity contribution in [3.05, 3.63) is 11.1 Å². The van der Waals surface area contributed by atoms with Crippen LogP contribution in [0.4, 0.5) is 5.13 Å². The van der Waals surface area contributed by atoms with Crippen LogP contribution in [0.3, 0.4) is 0 Å². The predicted molar refractivity (Wildman–Crippen MR) is 82.6 cm³/mol. The van der Waals surface area contributed by atoms with Gasteiger partial charge < -0.3 is 20.4 Å². The second-order valence-corrected chi connectivity index (χ2v) is 7.20. The zero-order chi connectivity index (χ0) is 18.1. The first-order chi connectivity index (χ1) is 11.1. The van der Waals surface area contributed by atoms with Gasteiger partial charge in [-0.1, -0.05) is 5.16 Å². The van der Waals surface area contributed by atoms with Crippen LogP contribution in [-0.4, -0.2) is 58.5 Å². The Morgan fingerprint density at radius 1 is 1.60 bits per heavy atom. The monoisotopic (exact) mass is 415 g/mol. The van der Waals surface area contributed by atoms with E-state index in [1.54, 1.807) is 13.8 Å². The van der Waals surface area contributed by atoms with Gasteiger partial charge in [0.1, 0.15) is 17.8 Å². The number of hydrogen-bond acceptors (Lipinski definition) is 10. The fourth-order valence-corrected chi connectivity index (χ4v) is 2.92. The summed E-state index contributed by atoms with van der Waals surface area (Å²) in [5.41, 5.74) is 5.45. The minimum absolute atomic E-state index is 0. The standard InChI is InChI=1S/C11H15N5O6S2.K/c1-5(2)22-15-8(7-4-23-11(12)14-7)9(17)13-6-3-16(10(6)18)24(19,20)21;/h4-6H,3H2,1-2H3,(H2,12,14)(H,13,17)(H,19,20,21);/q;+1/p-1/b15-8-;/t6-;/m0./s1. The van der Waals surface area contributed by atoms with Gasteiger partial charge >= 0.3 is 51.4 Å². The number of carbonyl (C=O) groups excluding carboxylic acids is 2. The van der Waals surface area contributed by atoms with Crippen LogP contribution in [0.5, 0.6) is 0 Å². The molecule has 0 aliphatic carbocycles. The van der Waals surface area contributed by atoms with Crippen LogP contribution in [0.25, 0.3) is 0 Å². The fraction of sp³-hybridized carbons (Fsp3) is 0.455. The van der Waals surface area contributed by atoms with E-state index in [0.717, 1.165) is 11.3 Å². The third-order valence-electron chi connectivity index (χ3n) is 2.80. The summed E-state index contributed by atoms with van der Waals surface area (Å²) in [7, 11) is -4.87. The Balaban J connectivity index is 0.00000312. The van der Waals surface area contributed by atoms with Crippen LogP contribution >= 0.6 is 11.3 Å². The third-order valence-corrected chi connectivity index (χ3v) is 4.34. The molecule has 1 aliphatic heterocycles. The fourth-order valence-electron chi connectivity index (χ4n) is 1.69. The molecular formula is C11H14KN5O6S2. The molecule has 0 spiro atoms. The minimum atomic E-state index is -4.87. The molecule has 0 unspecified atom stereocenters.